The van der Waals surface area contributed by atoms with E-state index in [1.54, 1.807) is 25.3 Å². The van der Waals surface area contributed by atoms with Gasteiger partial charge in [-0.1, -0.05) is 24.9 Å². The van der Waals surface area contributed by atoms with Crippen LogP contribution >= 0.6 is 11.6 Å². The Morgan fingerprint density at radius 2 is 1.92 bits per heavy atom. The Labute approximate surface area is 228 Å². The number of amides is 2. The van der Waals surface area contributed by atoms with Gasteiger partial charge in [-0.25, -0.2) is 14.8 Å². The van der Waals surface area contributed by atoms with E-state index in [1.807, 2.05) is 12.1 Å². The van der Waals surface area contributed by atoms with Gasteiger partial charge >= 0.3 is 6.03 Å². The summed E-state index contributed by atoms with van der Waals surface area (Å²) in [5.74, 6) is 2.02. The van der Waals surface area contributed by atoms with Gasteiger partial charge in [-0.2, -0.15) is 0 Å². The molecular weight excluding hydrogens is 508 g/mol. The number of halogens is 1. The van der Waals surface area contributed by atoms with Crippen LogP contribution in [0.5, 0.6) is 23.1 Å². The van der Waals surface area contributed by atoms with Crippen LogP contribution in [0.2, 0.25) is 5.02 Å². The molecule has 0 unspecified atom stereocenters. The lowest BCUT2D eigenvalue weighted by molar-refractivity contribution is 0.133. The Balaban J connectivity index is 1.43. The van der Waals surface area contributed by atoms with Crippen molar-refractivity contribution in [3.05, 3.63) is 41.7 Å². The van der Waals surface area contributed by atoms with E-state index in [0.717, 1.165) is 45.6 Å². The fourth-order valence-electron chi connectivity index (χ4n) is 4.07. The number of piperazine rings is 1. The topological polar surface area (TPSA) is 101 Å². The first kappa shape index (κ1) is 27.7. The maximum atomic E-state index is 12.1. The molecule has 11 heteroatoms. The van der Waals surface area contributed by atoms with Crippen molar-refractivity contribution in [2.24, 2.45) is 0 Å². The molecule has 2 amide bonds. The van der Waals surface area contributed by atoms with Crippen LogP contribution in [-0.2, 0) is 0 Å². The fourth-order valence-corrected chi connectivity index (χ4v) is 4.29. The first-order valence-corrected chi connectivity index (χ1v) is 13.2. The molecule has 10 nitrogen and oxygen atoms in total. The summed E-state index contributed by atoms with van der Waals surface area (Å²) in [5, 5.41) is 6.57. The van der Waals surface area contributed by atoms with Crippen LogP contribution < -0.4 is 24.8 Å². The molecule has 3 aromatic rings. The van der Waals surface area contributed by atoms with Crippen LogP contribution in [0.4, 0.5) is 10.5 Å². The lowest BCUT2D eigenvalue weighted by atomic mass is 10.2. The number of benzene rings is 2. The number of unbranched alkanes of at least 4 members (excludes halogenated alkanes) is 1. The number of hydrogen-bond donors (Lipinski definition) is 2. The smallest absolute Gasteiger partial charge is 0.319 e. The van der Waals surface area contributed by atoms with Gasteiger partial charge in [0.05, 0.1) is 28.7 Å². The highest BCUT2D eigenvalue weighted by atomic mass is 35.5. The molecule has 2 heterocycles. The van der Waals surface area contributed by atoms with E-state index in [1.165, 1.54) is 6.33 Å². The Kier molecular flexibility index (Phi) is 9.80. The van der Waals surface area contributed by atoms with Crippen molar-refractivity contribution in [1.82, 2.24) is 25.1 Å². The normalized spacial score (nSPS) is 14.3. The fraction of sp³-hybridized carbons (Fsp3) is 0.444. The van der Waals surface area contributed by atoms with Gasteiger partial charge in [0.25, 0.3) is 0 Å². The van der Waals surface area contributed by atoms with Crippen LogP contribution in [0.3, 0.4) is 0 Å². The van der Waals surface area contributed by atoms with Gasteiger partial charge in [0.2, 0.25) is 5.88 Å². The van der Waals surface area contributed by atoms with Crippen molar-refractivity contribution >= 4 is 34.2 Å². The van der Waals surface area contributed by atoms with E-state index in [9.17, 15) is 4.79 Å². The van der Waals surface area contributed by atoms with Gasteiger partial charge in [-0.3, -0.25) is 4.90 Å². The van der Waals surface area contributed by atoms with Crippen molar-refractivity contribution in [1.29, 1.82) is 0 Å². The van der Waals surface area contributed by atoms with Crippen LogP contribution in [-0.4, -0.2) is 85.8 Å². The highest BCUT2D eigenvalue weighted by Crippen LogP contribution is 2.37. The third kappa shape index (κ3) is 7.37. The molecule has 204 valence electrons. The molecule has 0 saturated carbocycles. The maximum absolute atomic E-state index is 12.1. The Hall–Kier alpha value is -3.34. The number of nitrogens with one attached hydrogen (secondary N) is 2. The predicted octanol–water partition coefficient (Wildman–Crippen LogP) is 4.63. The van der Waals surface area contributed by atoms with Gasteiger partial charge in [-0.15, -0.1) is 0 Å². The first-order valence-electron chi connectivity index (χ1n) is 12.9. The second-order valence-electron chi connectivity index (χ2n) is 9.17. The quantitative estimate of drug-likeness (QED) is 0.338. The highest BCUT2D eigenvalue weighted by Gasteiger charge is 2.16. The van der Waals surface area contributed by atoms with Crippen molar-refractivity contribution in [3.63, 3.8) is 0 Å². The molecule has 0 bridgehead atoms. The van der Waals surface area contributed by atoms with Crippen LogP contribution in [0, 0.1) is 0 Å². The molecule has 0 atom stereocenters. The van der Waals surface area contributed by atoms with Gasteiger partial charge in [0.1, 0.15) is 18.7 Å². The minimum Gasteiger partial charge on any atom is -0.493 e. The number of carbonyl (C=O) groups is 1. The number of methoxy groups -OCH3 is 1. The third-order valence-corrected chi connectivity index (χ3v) is 6.68. The van der Waals surface area contributed by atoms with E-state index in [2.05, 4.69) is 44.4 Å². The van der Waals surface area contributed by atoms with E-state index >= 15 is 0 Å². The second kappa shape index (κ2) is 13.5. The average molecular weight is 543 g/mol. The number of likely N-dealkylation sites (N-methyl/N-ethyl adjacent to an activating group) is 1. The third-order valence-electron chi connectivity index (χ3n) is 6.36. The number of fused-ring (bicyclic) bond motifs is 1. The maximum Gasteiger partial charge on any atom is 0.319 e. The predicted molar refractivity (Wildman–Crippen MR) is 149 cm³/mol. The summed E-state index contributed by atoms with van der Waals surface area (Å²) in [6, 6.07) is 8.38. The second-order valence-corrected chi connectivity index (χ2v) is 9.58. The summed E-state index contributed by atoms with van der Waals surface area (Å²) in [6.45, 7) is 8.28. The van der Waals surface area contributed by atoms with E-state index in [-0.39, 0.29) is 6.03 Å². The summed E-state index contributed by atoms with van der Waals surface area (Å²) in [7, 11) is 3.74. The molecule has 2 N–H and O–H groups in total. The zero-order valence-electron chi connectivity index (χ0n) is 22.1. The first-order chi connectivity index (χ1) is 18.5. The Morgan fingerprint density at radius 1 is 1.11 bits per heavy atom. The Morgan fingerprint density at radius 3 is 2.66 bits per heavy atom. The van der Waals surface area contributed by atoms with Crippen molar-refractivity contribution < 1.29 is 19.0 Å². The largest absolute Gasteiger partial charge is 0.493 e. The summed E-state index contributed by atoms with van der Waals surface area (Å²) in [6.07, 6.45) is 3.36. The number of carbonyl (C=O) groups excluding carboxylic acids is 1. The van der Waals surface area contributed by atoms with Crippen LogP contribution in [0.25, 0.3) is 10.9 Å². The number of anilines is 1. The number of urea groups is 1. The van der Waals surface area contributed by atoms with Gasteiger partial charge < -0.3 is 29.7 Å². The van der Waals surface area contributed by atoms with E-state index in [4.69, 9.17) is 25.8 Å². The zero-order chi connectivity index (χ0) is 26.9. The molecule has 1 fully saturated rings. The molecule has 38 heavy (non-hydrogen) atoms. The summed E-state index contributed by atoms with van der Waals surface area (Å²) >= 11 is 6.40. The van der Waals surface area contributed by atoms with Crippen molar-refractivity contribution in [3.8, 4) is 23.1 Å². The van der Waals surface area contributed by atoms with Gasteiger partial charge in [0, 0.05) is 51.4 Å². The molecule has 0 aliphatic carbocycles. The number of nitrogens with zero attached hydrogens (tertiary/aromatic N) is 4. The van der Waals surface area contributed by atoms with Crippen molar-refractivity contribution in [2.45, 2.75) is 19.8 Å². The molecule has 2 aromatic carbocycles. The van der Waals surface area contributed by atoms with Crippen LogP contribution in [0.15, 0.2) is 36.7 Å². The summed E-state index contributed by atoms with van der Waals surface area (Å²) < 4.78 is 17.7. The Bertz CT molecular complexity index is 1240. The minimum absolute atomic E-state index is 0.301. The zero-order valence-corrected chi connectivity index (χ0v) is 22.9. The SMILES string of the molecule is CCCCNC(=O)Nc1ccc(Oc2ncnc3cc(OCCN4CCN(C)CC4)c(OC)cc23)cc1Cl. The standard InChI is InChI=1S/C27H35ClN6O4/c1-4-5-8-29-27(35)32-22-7-6-19(15-21(22)28)38-26-20-16-24(36-3)25(17-23(20)30-18-31-26)37-14-13-34-11-9-33(2)10-12-34/h6-7,15-18H,4-5,8-14H2,1-3H3,(H2,29,32,35). The van der Waals surface area contributed by atoms with Gasteiger partial charge in [0.15, 0.2) is 11.5 Å². The number of rotatable bonds is 11. The number of aromatic nitrogens is 2. The highest BCUT2D eigenvalue weighted by molar-refractivity contribution is 6.33. The minimum atomic E-state index is -0.301. The van der Waals surface area contributed by atoms with E-state index in [0.29, 0.717) is 57.9 Å². The van der Waals surface area contributed by atoms with Gasteiger partial charge in [-0.05, 0) is 31.7 Å². The molecule has 4 rings (SSSR count). The summed E-state index contributed by atoms with van der Waals surface area (Å²) in [5.41, 5.74) is 1.15. The lowest BCUT2D eigenvalue weighted by Crippen LogP contribution is -2.45. The molecule has 0 radical (unpaired) electrons. The molecule has 1 saturated heterocycles. The van der Waals surface area contributed by atoms with E-state index < -0.39 is 0 Å². The molecule has 0 spiro atoms. The molecular formula is C27H35ClN6O4. The summed E-state index contributed by atoms with van der Waals surface area (Å²) in [4.78, 5) is 25.5. The average Bonchev–Trinajstić information content (AvgIpc) is 2.91. The molecule has 1 aromatic heterocycles. The van der Waals surface area contributed by atoms with Crippen LogP contribution in [0.1, 0.15) is 19.8 Å². The lowest BCUT2D eigenvalue weighted by Gasteiger charge is -2.32. The molecule has 1 aliphatic heterocycles. The number of ether oxygens (including phenoxy) is 3. The number of hydrogen-bond acceptors (Lipinski definition) is 8. The monoisotopic (exact) mass is 542 g/mol. The molecule has 1 aliphatic rings. The van der Waals surface area contributed by atoms with Crippen molar-refractivity contribution in [2.75, 3.05) is 65.3 Å².